The molecule has 0 radical (unpaired) electrons. The average molecular weight is 527 g/mol. The van der Waals surface area contributed by atoms with Crippen molar-refractivity contribution in [3.05, 3.63) is 82.8 Å². The molecule has 11 heteroatoms. The van der Waals surface area contributed by atoms with Crippen LogP contribution in [0.1, 0.15) is 58.7 Å². The lowest BCUT2D eigenvalue weighted by Crippen LogP contribution is -2.45. The minimum atomic E-state index is -0.987. The maximum absolute atomic E-state index is 13.2. The van der Waals surface area contributed by atoms with Crippen molar-refractivity contribution in [3.63, 3.8) is 0 Å². The van der Waals surface area contributed by atoms with Crippen molar-refractivity contribution < 1.29 is 23.2 Å². The van der Waals surface area contributed by atoms with Gasteiger partial charge in [-0.3, -0.25) is 9.59 Å². The Labute approximate surface area is 222 Å². The number of primary amides is 1. The molecule has 5 heterocycles. The average Bonchev–Trinajstić information content (AvgIpc) is 3.67. The molecule has 6 N–H and O–H groups in total. The number of fused-ring (bicyclic) bond motifs is 4. The number of carbonyl (C=O) groups excluding carboxylic acids is 2. The minimum absolute atomic E-state index is 0.0394. The second-order valence-corrected chi connectivity index (χ2v) is 10.5. The molecule has 11 nitrogen and oxygen atoms in total. The van der Waals surface area contributed by atoms with Crippen LogP contribution in [0.25, 0.3) is 11.6 Å². The Morgan fingerprint density at radius 2 is 1.95 bits per heavy atom. The highest BCUT2D eigenvalue weighted by molar-refractivity contribution is 5.91. The summed E-state index contributed by atoms with van der Waals surface area (Å²) < 4.78 is 18.9. The fourth-order valence-electron chi connectivity index (χ4n) is 5.85. The lowest BCUT2D eigenvalue weighted by atomic mass is 9.72. The summed E-state index contributed by atoms with van der Waals surface area (Å²) in [6.07, 6.45) is 0.951. The van der Waals surface area contributed by atoms with E-state index in [1.807, 2.05) is 56.3 Å². The lowest BCUT2D eigenvalue weighted by Gasteiger charge is -2.28. The number of nitrogens with two attached hydrogens (primary N) is 2. The molecule has 1 spiro atoms. The summed E-state index contributed by atoms with van der Waals surface area (Å²) in [6, 6.07) is 12.3. The normalized spacial score (nSPS) is 24.6. The predicted molar refractivity (Wildman–Crippen MR) is 139 cm³/mol. The molecule has 39 heavy (non-hydrogen) atoms. The number of ether oxygens (including phenoxy) is 1. The van der Waals surface area contributed by atoms with E-state index in [1.165, 1.54) is 6.26 Å². The van der Waals surface area contributed by atoms with E-state index < -0.39 is 29.6 Å². The molecule has 0 aliphatic carbocycles. The number of anilines is 1. The first-order chi connectivity index (χ1) is 18.8. The van der Waals surface area contributed by atoms with Crippen LogP contribution in [0.15, 0.2) is 57.6 Å². The molecule has 3 aliphatic heterocycles. The molecule has 198 valence electrons. The molecule has 2 unspecified atom stereocenters. The standard InChI is InChI=1S/C28H26N6O5/c1-12(2)20-26-34-21(25-31-18(11-37-25)23(30)35)22(39-26)28-14-5-3-4-6-17(14)32-27(28)38-19-8-7-13(9-15(19)28)10-16(29)24(36)33-20/h3-9,11-12,16,20,27,32H,10,29H2,1-2H3,(H2,30,35)(H,33,36)/t16-,20-,27?,28?/m0/s1. The van der Waals surface area contributed by atoms with Gasteiger partial charge in [-0.05, 0) is 35.6 Å². The monoisotopic (exact) mass is 526 g/mol. The van der Waals surface area contributed by atoms with Gasteiger partial charge in [-0.2, -0.15) is 0 Å². The molecule has 3 aliphatic rings. The van der Waals surface area contributed by atoms with Crippen LogP contribution in [0.3, 0.4) is 0 Å². The molecule has 2 aromatic heterocycles. The topological polar surface area (TPSA) is 172 Å². The highest BCUT2D eigenvalue weighted by Gasteiger charge is 2.61. The van der Waals surface area contributed by atoms with Gasteiger partial charge >= 0.3 is 0 Å². The Kier molecular flexibility index (Phi) is 4.92. The Balaban J connectivity index is 1.58. The Morgan fingerprint density at radius 3 is 2.72 bits per heavy atom. The highest BCUT2D eigenvalue weighted by Crippen LogP contribution is 2.59. The number of amides is 2. The molecule has 2 amide bonds. The van der Waals surface area contributed by atoms with Crippen molar-refractivity contribution in [3.8, 4) is 17.3 Å². The number of rotatable bonds is 3. The van der Waals surface area contributed by atoms with E-state index in [2.05, 4.69) is 15.6 Å². The van der Waals surface area contributed by atoms with Gasteiger partial charge in [0.15, 0.2) is 23.4 Å². The molecular formula is C28H26N6O5. The van der Waals surface area contributed by atoms with Crippen LogP contribution in [0.2, 0.25) is 0 Å². The molecule has 7 rings (SSSR count). The van der Waals surface area contributed by atoms with Gasteiger partial charge < -0.3 is 35.7 Å². The number of nitrogens with zero attached hydrogens (tertiary/aromatic N) is 2. The smallest absolute Gasteiger partial charge is 0.270 e. The number of hydrogen-bond acceptors (Lipinski definition) is 9. The van der Waals surface area contributed by atoms with Gasteiger partial charge in [0.1, 0.15) is 23.5 Å². The van der Waals surface area contributed by atoms with E-state index >= 15 is 0 Å². The number of para-hydroxylation sites is 1. The third-order valence-electron chi connectivity index (χ3n) is 7.73. The second-order valence-electron chi connectivity index (χ2n) is 10.5. The van der Waals surface area contributed by atoms with Crippen molar-refractivity contribution >= 4 is 17.5 Å². The summed E-state index contributed by atoms with van der Waals surface area (Å²) in [4.78, 5) is 34.2. The zero-order valence-electron chi connectivity index (χ0n) is 21.2. The van der Waals surface area contributed by atoms with Crippen LogP contribution in [0.5, 0.6) is 5.75 Å². The molecular weight excluding hydrogens is 500 g/mol. The van der Waals surface area contributed by atoms with Gasteiger partial charge in [0, 0.05) is 11.3 Å². The van der Waals surface area contributed by atoms with Crippen molar-refractivity contribution in [1.82, 2.24) is 15.3 Å². The second kappa shape index (κ2) is 8.18. The summed E-state index contributed by atoms with van der Waals surface area (Å²) in [5.41, 5.74) is 14.6. The first-order valence-corrected chi connectivity index (χ1v) is 12.8. The fraction of sp³-hybridized carbons (Fsp3) is 0.286. The maximum atomic E-state index is 13.2. The van der Waals surface area contributed by atoms with Gasteiger partial charge in [0.05, 0.1) is 6.04 Å². The third kappa shape index (κ3) is 3.26. The number of aromatic nitrogens is 2. The summed E-state index contributed by atoms with van der Waals surface area (Å²) in [5, 5.41) is 6.52. The van der Waals surface area contributed by atoms with Gasteiger partial charge in [0.25, 0.3) is 5.91 Å². The van der Waals surface area contributed by atoms with Crippen LogP contribution in [-0.2, 0) is 16.6 Å². The quantitative estimate of drug-likeness (QED) is 0.313. The Morgan fingerprint density at radius 1 is 1.13 bits per heavy atom. The van der Waals surface area contributed by atoms with Crippen molar-refractivity contribution in [1.29, 1.82) is 0 Å². The number of hydrogen-bond donors (Lipinski definition) is 4. The molecule has 0 saturated carbocycles. The minimum Gasteiger partial charge on any atom is -0.469 e. The van der Waals surface area contributed by atoms with Gasteiger partial charge in [-0.15, -0.1) is 0 Å². The molecule has 4 aromatic rings. The predicted octanol–water partition coefficient (Wildman–Crippen LogP) is 2.60. The first kappa shape index (κ1) is 23.5. The van der Waals surface area contributed by atoms with E-state index in [0.717, 1.165) is 22.4 Å². The van der Waals surface area contributed by atoms with Crippen LogP contribution in [0, 0.1) is 5.92 Å². The van der Waals surface area contributed by atoms with E-state index in [0.29, 0.717) is 17.9 Å². The number of nitrogens with one attached hydrogen (secondary N) is 2. The van der Waals surface area contributed by atoms with Crippen molar-refractivity contribution in [2.24, 2.45) is 17.4 Å². The number of carbonyl (C=O) groups is 2. The van der Waals surface area contributed by atoms with Crippen LogP contribution < -0.4 is 26.8 Å². The zero-order chi connectivity index (χ0) is 27.1. The fourth-order valence-corrected chi connectivity index (χ4v) is 5.85. The number of benzene rings is 2. The van der Waals surface area contributed by atoms with Gasteiger partial charge in [-0.1, -0.05) is 44.2 Å². The summed E-state index contributed by atoms with van der Waals surface area (Å²) in [6.45, 7) is 3.91. The lowest BCUT2D eigenvalue weighted by molar-refractivity contribution is -0.123. The van der Waals surface area contributed by atoms with Crippen LogP contribution >= 0.6 is 0 Å². The van der Waals surface area contributed by atoms with E-state index in [4.69, 9.17) is 30.0 Å². The molecule has 4 atom stereocenters. The third-order valence-corrected chi connectivity index (χ3v) is 7.73. The van der Waals surface area contributed by atoms with Crippen LogP contribution in [0.4, 0.5) is 5.69 Å². The molecule has 0 fully saturated rings. The summed E-state index contributed by atoms with van der Waals surface area (Å²) >= 11 is 0. The highest BCUT2D eigenvalue weighted by atomic mass is 16.5. The SMILES string of the molecule is CC(C)[C@@H]1NC(=O)[C@@H](N)Cc2ccc3c(c2)C2(c4ccccc4NC2O3)c2oc1nc2-c1nc(C(N)=O)co1. The van der Waals surface area contributed by atoms with Crippen molar-refractivity contribution in [2.45, 2.75) is 44.0 Å². The summed E-state index contributed by atoms with van der Waals surface area (Å²) in [5.74, 6) is 0.262. The van der Waals surface area contributed by atoms with Crippen LogP contribution in [-0.4, -0.2) is 34.1 Å². The number of oxazole rings is 2. The van der Waals surface area contributed by atoms with E-state index in [9.17, 15) is 9.59 Å². The van der Waals surface area contributed by atoms with Gasteiger partial charge in [0.2, 0.25) is 17.7 Å². The summed E-state index contributed by atoms with van der Waals surface area (Å²) in [7, 11) is 0. The zero-order valence-corrected chi connectivity index (χ0v) is 21.2. The largest absolute Gasteiger partial charge is 0.469 e. The maximum Gasteiger partial charge on any atom is 0.270 e. The first-order valence-electron chi connectivity index (χ1n) is 12.8. The van der Waals surface area contributed by atoms with E-state index in [-0.39, 0.29) is 35.0 Å². The van der Waals surface area contributed by atoms with Crippen molar-refractivity contribution in [2.75, 3.05) is 5.32 Å². The molecule has 2 aromatic carbocycles. The molecule has 0 saturated heterocycles. The van der Waals surface area contributed by atoms with E-state index in [1.54, 1.807) is 0 Å². The Bertz CT molecular complexity index is 1660. The van der Waals surface area contributed by atoms with Gasteiger partial charge in [-0.25, -0.2) is 9.97 Å². The Hall–Kier alpha value is -4.64. The molecule has 4 bridgehead atoms.